The van der Waals surface area contributed by atoms with E-state index in [1.807, 2.05) is 0 Å². The van der Waals surface area contributed by atoms with E-state index in [9.17, 15) is 0 Å². The molecule has 0 bridgehead atoms. The Labute approximate surface area is 35.4 Å². The van der Waals surface area contributed by atoms with Gasteiger partial charge in [-0.15, -0.1) is 0 Å². The van der Waals surface area contributed by atoms with E-state index in [4.69, 9.17) is 0 Å². The molecule has 0 N–H and O–H groups in total. The Bertz CT molecular complexity index is 15.2. The molecular weight excluding hydrogens is 76.1 g/mol. The highest BCUT2D eigenvalue weighted by atomic mass is 28.2. The molecule has 0 unspecified atom stereocenters. The maximum Gasteiger partial charge on any atom is 0.0448 e. The van der Waals surface area contributed by atoms with Gasteiger partial charge in [-0.05, 0) is 12.1 Å². The van der Waals surface area contributed by atoms with Gasteiger partial charge in [0.15, 0.2) is 0 Å². The smallest absolute Gasteiger partial charge is 0.0448 e. The van der Waals surface area contributed by atoms with Gasteiger partial charge in [-0.1, -0.05) is 12.8 Å². The Morgan fingerprint density at radius 3 is 2.00 bits per heavy atom. The van der Waals surface area contributed by atoms with E-state index in [0.29, 0.717) is 0 Å². The molecule has 5 heavy (non-hydrogen) atoms. The third-order valence-corrected chi connectivity index (χ3v) is 1.74. The average molecular weight is 82.2 g/mol. The van der Waals surface area contributed by atoms with Crippen LogP contribution >= 0.6 is 0 Å². The van der Waals surface area contributed by atoms with E-state index < -0.39 is 0 Å². The second-order valence-electron chi connectivity index (χ2n) is 1.15. The van der Waals surface area contributed by atoms with Gasteiger partial charge in [-0.3, -0.25) is 0 Å². The molecule has 1 aliphatic rings. The van der Waals surface area contributed by atoms with Gasteiger partial charge >= 0.3 is 0 Å². The Balaban J connectivity index is 2.08. The fourth-order valence-electron chi connectivity index (χ4n) is 0.417. The van der Waals surface area contributed by atoms with Gasteiger partial charge in [0.1, 0.15) is 0 Å². The molecule has 26 valence electrons. The highest BCUT2D eigenvalue weighted by Gasteiger charge is 1.97. The van der Waals surface area contributed by atoms with Crippen LogP contribution in [0.2, 0.25) is 0 Å². The minimum Gasteiger partial charge on any atom is -0.0533 e. The van der Waals surface area contributed by atoms with Crippen LogP contribution in [0.4, 0.5) is 0 Å². The Kier molecular flexibility index (Phi) is 1.09. The predicted octanol–water partition coefficient (Wildman–Crippen LogP) is 0.808. The van der Waals surface area contributed by atoms with Crippen LogP contribution in [-0.4, -0.2) is 9.52 Å². The van der Waals surface area contributed by atoms with Crippen LogP contribution < -0.4 is 0 Å². The van der Waals surface area contributed by atoms with Gasteiger partial charge in [0.25, 0.3) is 0 Å². The fraction of sp³-hybridized carbons (Fsp3) is 0.500. The molecule has 0 aliphatic carbocycles. The lowest BCUT2D eigenvalue weighted by Crippen LogP contribution is -1.74. The first-order chi connectivity index (χ1) is 2.50. The zero-order valence-corrected chi connectivity index (χ0v) is 4.07. The molecule has 1 heteroatoms. The molecule has 0 aromatic rings. The van der Waals surface area contributed by atoms with Crippen LogP contribution in [0, 0.1) is 12.1 Å². The molecule has 1 fully saturated rings. The SMILES string of the molecule is [CH]1CC[CH][Si]1. The monoisotopic (exact) mass is 82.0 g/mol. The molecule has 0 nitrogen and oxygen atoms in total. The summed E-state index contributed by atoms with van der Waals surface area (Å²) in [6.07, 6.45) is 2.66. The summed E-state index contributed by atoms with van der Waals surface area (Å²) in [6.45, 7) is 0. The van der Waals surface area contributed by atoms with Gasteiger partial charge < -0.3 is 0 Å². The fourth-order valence-corrected chi connectivity index (χ4v) is 1.25. The van der Waals surface area contributed by atoms with Gasteiger partial charge in [-0.2, -0.15) is 0 Å². The first-order valence-corrected chi connectivity index (χ1v) is 3.05. The van der Waals surface area contributed by atoms with Crippen molar-refractivity contribution in [1.82, 2.24) is 0 Å². The number of rotatable bonds is 0. The lowest BCUT2D eigenvalue weighted by Gasteiger charge is -1.67. The standard InChI is InChI=1S/C4H6Si/c1-2-4-5-3-1/h3-4H,1-2H2. The predicted molar refractivity (Wildman–Crippen MR) is 23.6 cm³/mol. The van der Waals surface area contributed by atoms with Crippen LogP contribution in [0.15, 0.2) is 0 Å². The molecule has 0 atom stereocenters. The molecule has 1 rings (SSSR count). The van der Waals surface area contributed by atoms with Crippen LogP contribution in [0.25, 0.3) is 0 Å². The quantitative estimate of drug-likeness (QED) is 0.379. The van der Waals surface area contributed by atoms with Gasteiger partial charge in [0, 0.05) is 9.52 Å². The van der Waals surface area contributed by atoms with Crippen molar-refractivity contribution in [1.29, 1.82) is 0 Å². The second-order valence-corrected chi connectivity index (χ2v) is 2.30. The molecule has 1 heterocycles. The third kappa shape index (κ3) is 0.761. The van der Waals surface area contributed by atoms with Crippen molar-refractivity contribution in [3.8, 4) is 0 Å². The largest absolute Gasteiger partial charge is 0.0533 e. The summed E-state index contributed by atoms with van der Waals surface area (Å²) in [5.74, 6) is 0. The lowest BCUT2D eigenvalue weighted by atomic mass is 10.4. The normalized spacial score (nSPS) is 24.0. The summed E-state index contributed by atoms with van der Waals surface area (Å²) < 4.78 is 0. The van der Waals surface area contributed by atoms with Crippen molar-refractivity contribution in [3.63, 3.8) is 0 Å². The van der Waals surface area contributed by atoms with E-state index >= 15 is 0 Å². The minimum atomic E-state index is 1.06. The van der Waals surface area contributed by atoms with Crippen molar-refractivity contribution in [2.75, 3.05) is 0 Å². The van der Waals surface area contributed by atoms with E-state index in [1.54, 1.807) is 0 Å². The maximum atomic E-state index is 2.33. The first kappa shape index (κ1) is 3.41. The number of hydrogen-bond acceptors (Lipinski definition) is 0. The van der Waals surface area contributed by atoms with Crippen LogP contribution in [0.1, 0.15) is 12.8 Å². The van der Waals surface area contributed by atoms with Crippen molar-refractivity contribution in [2.45, 2.75) is 12.8 Å². The average Bonchev–Trinajstić information content (AvgIpc) is 1.76. The molecular formula is C4H6Si. The first-order valence-electron chi connectivity index (χ1n) is 1.89. The molecule has 0 aromatic carbocycles. The van der Waals surface area contributed by atoms with Crippen LogP contribution in [-0.2, 0) is 0 Å². The lowest BCUT2D eigenvalue weighted by molar-refractivity contribution is 1.05. The van der Waals surface area contributed by atoms with E-state index in [0.717, 1.165) is 9.52 Å². The van der Waals surface area contributed by atoms with E-state index in [2.05, 4.69) is 12.1 Å². The zero-order chi connectivity index (χ0) is 3.54. The maximum absolute atomic E-state index is 2.33. The van der Waals surface area contributed by atoms with E-state index in [1.165, 1.54) is 12.8 Å². The summed E-state index contributed by atoms with van der Waals surface area (Å²) in [5.41, 5.74) is 0. The molecule has 0 amide bonds. The third-order valence-electron chi connectivity index (χ3n) is 0.691. The Morgan fingerprint density at radius 2 is 1.80 bits per heavy atom. The topological polar surface area (TPSA) is 0 Å². The molecule has 0 spiro atoms. The van der Waals surface area contributed by atoms with Crippen molar-refractivity contribution < 1.29 is 0 Å². The van der Waals surface area contributed by atoms with Crippen LogP contribution in [0.5, 0.6) is 0 Å². The minimum absolute atomic E-state index is 1.06. The second kappa shape index (κ2) is 1.60. The molecule has 4 radical (unpaired) electrons. The van der Waals surface area contributed by atoms with Crippen molar-refractivity contribution >= 4 is 9.52 Å². The summed E-state index contributed by atoms with van der Waals surface area (Å²) in [7, 11) is 1.06. The van der Waals surface area contributed by atoms with Crippen LogP contribution in [0.3, 0.4) is 0 Å². The summed E-state index contributed by atoms with van der Waals surface area (Å²) >= 11 is 0. The Hall–Kier alpha value is 0.217. The molecule has 1 saturated heterocycles. The molecule has 1 aliphatic heterocycles. The molecule has 0 aromatic heterocycles. The van der Waals surface area contributed by atoms with Gasteiger partial charge in [0.05, 0.1) is 0 Å². The van der Waals surface area contributed by atoms with Gasteiger partial charge in [-0.25, -0.2) is 0 Å². The van der Waals surface area contributed by atoms with Crippen molar-refractivity contribution in [2.24, 2.45) is 0 Å². The summed E-state index contributed by atoms with van der Waals surface area (Å²) in [6, 6.07) is 4.67. The molecule has 0 saturated carbocycles. The zero-order valence-electron chi connectivity index (χ0n) is 3.07. The highest BCUT2D eigenvalue weighted by Crippen LogP contribution is 2.04. The Morgan fingerprint density at radius 1 is 1.20 bits per heavy atom. The van der Waals surface area contributed by atoms with E-state index in [-0.39, 0.29) is 0 Å². The van der Waals surface area contributed by atoms with Gasteiger partial charge in [0.2, 0.25) is 0 Å². The highest BCUT2D eigenvalue weighted by molar-refractivity contribution is 6.45. The number of hydrogen-bond donors (Lipinski definition) is 0. The van der Waals surface area contributed by atoms with Crippen molar-refractivity contribution in [3.05, 3.63) is 12.1 Å². The summed E-state index contributed by atoms with van der Waals surface area (Å²) in [4.78, 5) is 0. The summed E-state index contributed by atoms with van der Waals surface area (Å²) in [5, 5.41) is 0.